The van der Waals surface area contributed by atoms with Gasteiger partial charge >= 0.3 is 5.63 Å². The molecule has 0 atom stereocenters. The largest absolute Gasteiger partial charge is 0.496 e. The van der Waals surface area contributed by atoms with Crippen molar-refractivity contribution in [1.82, 2.24) is 0 Å². The Bertz CT molecular complexity index is 1140. The van der Waals surface area contributed by atoms with E-state index in [2.05, 4.69) is 24.1 Å². The highest BCUT2D eigenvalue weighted by Crippen LogP contribution is 2.32. The van der Waals surface area contributed by atoms with Crippen LogP contribution >= 0.6 is 0 Å². The number of carboxylic acid groups (broad SMARTS) is 1. The van der Waals surface area contributed by atoms with Crippen molar-refractivity contribution in [2.24, 2.45) is 0 Å². The Morgan fingerprint density at radius 1 is 1.06 bits per heavy atom. The number of anilines is 1. The number of fused-ring (bicyclic) bond motifs is 1. The van der Waals surface area contributed by atoms with Gasteiger partial charge in [0, 0.05) is 36.8 Å². The Labute approximate surface area is 188 Å². The minimum Gasteiger partial charge on any atom is -0.496 e. The van der Waals surface area contributed by atoms with Gasteiger partial charge in [-0.1, -0.05) is 43.5 Å². The number of ether oxygens (including phenoxy) is 1. The van der Waals surface area contributed by atoms with Gasteiger partial charge in [0.1, 0.15) is 11.3 Å². The van der Waals surface area contributed by atoms with Crippen molar-refractivity contribution in [2.75, 3.05) is 26.1 Å². The number of allylic oxidation sites excluding steroid dienone is 4. The second-order valence-corrected chi connectivity index (χ2v) is 6.68. The molecule has 0 saturated carbocycles. The lowest BCUT2D eigenvalue weighted by Crippen LogP contribution is -2.09. The van der Waals surface area contributed by atoms with E-state index in [4.69, 9.17) is 19.1 Å². The van der Waals surface area contributed by atoms with Crippen molar-refractivity contribution in [1.29, 1.82) is 0 Å². The molecule has 0 radical (unpaired) electrons. The van der Waals surface area contributed by atoms with Gasteiger partial charge in [0.15, 0.2) is 0 Å². The second-order valence-electron chi connectivity index (χ2n) is 6.68. The first-order valence-corrected chi connectivity index (χ1v) is 9.71. The summed E-state index contributed by atoms with van der Waals surface area (Å²) in [6.07, 6.45) is 3.67. The van der Waals surface area contributed by atoms with Gasteiger partial charge in [-0.05, 0) is 48.4 Å². The fourth-order valence-electron chi connectivity index (χ4n) is 2.79. The van der Waals surface area contributed by atoms with Gasteiger partial charge in [0.25, 0.3) is 6.47 Å². The predicted octanol–water partition coefficient (Wildman–Crippen LogP) is 5.40. The number of benzene rings is 2. The van der Waals surface area contributed by atoms with Crippen LogP contribution in [0.5, 0.6) is 5.75 Å². The molecule has 0 fully saturated rings. The number of methoxy groups -OCH3 is 1. The average Bonchev–Trinajstić information content (AvgIpc) is 2.80. The summed E-state index contributed by atoms with van der Waals surface area (Å²) in [6, 6.07) is 16.7. The van der Waals surface area contributed by atoms with Crippen LogP contribution in [0.15, 0.2) is 94.7 Å². The summed E-state index contributed by atoms with van der Waals surface area (Å²) in [5, 5.41) is 7.84. The molecular formula is C26H29NO5. The Balaban J connectivity index is 0.000000308. The number of hydrogen-bond acceptors (Lipinski definition) is 5. The van der Waals surface area contributed by atoms with Gasteiger partial charge in [-0.2, -0.15) is 0 Å². The number of nitrogens with zero attached hydrogens (tertiary/aromatic N) is 1. The molecular weight excluding hydrogens is 406 g/mol. The van der Waals surface area contributed by atoms with Gasteiger partial charge in [0.2, 0.25) is 0 Å². The third-order valence-corrected chi connectivity index (χ3v) is 4.45. The second kappa shape index (κ2) is 13.3. The summed E-state index contributed by atoms with van der Waals surface area (Å²) in [7, 11) is 5.71. The third kappa shape index (κ3) is 7.32. The molecule has 168 valence electrons. The Morgan fingerprint density at radius 2 is 1.72 bits per heavy atom. The number of rotatable bonds is 5. The van der Waals surface area contributed by atoms with Gasteiger partial charge in [-0.15, -0.1) is 0 Å². The van der Waals surface area contributed by atoms with Crippen molar-refractivity contribution in [3.8, 4) is 5.75 Å². The first kappa shape index (κ1) is 26.0. The van der Waals surface area contributed by atoms with Crippen molar-refractivity contribution in [3.05, 3.63) is 101 Å². The van der Waals surface area contributed by atoms with Crippen LogP contribution in [-0.2, 0) is 4.79 Å². The van der Waals surface area contributed by atoms with Gasteiger partial charge in [0.05, 0.1) is 7.11 Å². The SMILES string of the molecule is C=C/C(C)=C(\C=C)c1cc(N(C)C)ccc1OC.O=CO.O=c1ccc2ccccc2o1. The lowest BCUT2D eigenvalue weighted by Gasteiger charge is -2.17. The van der Waals surface area contributed by atoms with Gasteiger partial charge in [-0.3, -0.25) is 4.79 Å². The molecule has 1 aromatic heterocycles. The van der Waals surface area contributed by atoms with E-state index in [9.17, 15) is 4.79 Å². The molecule has 0 unspecified atom stereocenters. The highest BCUT2D eigenvalue weighted by Gasteiger charge is 2.10. The third-order valence-electron chi connectivity index (χ3n) is 4.45. The topological polar surface area (TPSA) is 80.0 Å². The molecule has 0 bridgehead atoms. The van der Waals surface area contributed by atoms with E-state index >= 15 is 0 Å². The zero-order valence-electron chi connectivity index (χ0n) is 18.9. The van der Waals surface area contributed by atoms with Crippen LogP contribution in [0.1, 0.15) is 12.5 Å². The quantitative estimate of drug-likeness (QED) is 0.328. The standard InChI is InChI=1S/C16H21NO.C9H6O2.CH2O2/c1-7-12(3)14(8-2)15-11-13(17(4)5)9-10-16(15)18-6;10-9-6-5-7-3-1-2-4-8(7)11-9;2-1-3/h7-11H,1-2H2,3-6H3;1-6H;1H,(H,2,3)/b14-12+;;. The predicted molar refractivity (Wildman–Crippen MR) is 131 cm³/mol. The number of carbonyl (C=O) groups is 1. The minimum absolute atomic E-state index is 0.250. The highest BCUT2D eigenvalue weighted by atomic mass is 16.5. The molecule has 0 spiro atoms. The fraction of sp³-hybridized carbons (Fsp3) is 0.154. The first-order valence-electron chi connectivity index (χ1n) is 9.71. The van der Waals surface area contributed by atoms with Crippen LogP contribution in [-0.4, -0.2) is 32.8 Å². The molecule has 0 saturated heterocycles. The Hall–Kier alpha value is -4.06. The van der Waals surface area contributed by atoms with Crippen LogP contribution in [0, 0.1) is 0 Å². The number of hydrogen-bond donors (Lipinski definition) is 1. The summed E-state index contributed by atoms with van der Waals surface area (Å²) in [6.45, 7) is 9.46. The van der Waals surface area contributed by atoms with E-state index in [1.54, 1.807) is 19.2 Å². The van der Waals surface area contributed by atoms with Crippen LogP contribution in [0.3, 0.4) is 0 Å². The van der Waals surface area contributed by atoms with Gasteiger partial charge in [-0.25, -0.2) is 4.79 Å². The molecule has 1 heterocycles. The lowest BCUT2D eigenvalue weighted by atomic mass is 9.99. The minimum atomic E-state index is -0.302. The van der Waals surface area contributed by atoms with Crippen LogP contribution in [0.25, 0.3) is 16.5 Å². The van der Waals surface area contributed by atoms with Crippen molar-refractivity contribution in [2.45, 2.75) is 6.92 Å². The molecule has 0 aliphatic carbocycles. The van der Waals surface area contributed by atoms with E-state index in [0.717, 1.165) is 33.5 Å². The summed E-state index contributed by atoms with van der Waals surface area (Å²) in [5.74, 6) is 0.844. The molecule has 3 aromatic rings. The van der Waals surface area contributed by atoms with Crippen molar-refractivity contribution >= 4 is 28.7 Å². The maximum Gasteiger partial charge on any atom is 0.336 e. The van der Waals surface area contributed by atoms with Crippen molar-refractivity contribution < 1.29 is 19.1 Å². The molecule has 6 heteroatoms. The molecule has 1 N–H and O–H groups in total. The number of para-hydroxylation sites is 1. The zero-order valence-corrected chi connectivity index (χ0v) is 18.9. The first-order chi connectivity index (χ1) is 15.3. The van der Waals surface area contributed by atoms with E-state index in [1.807, 2.05) is 63.5 Å². The monoisotopic (exact) mass is 435 g/mol. The normalized spacial score (nSPS) is 10.4. The molecule has 6 nitrogen and oxygen atoms in total. The molecule has 0 amide bonds. The van der Waals surface area contributed by atoms with Crippen LogP contribution in [0.4, 0.5) is 5.69 Å². The maximum absolute atomic E-state index is 10.7. The molecule has 0 aliphatic heterocycles. The van der Waals surface area contributed by atoms with E-state index in [1.165, 1.54) is 6.07 Å². The summed E-state index contributed by atoms with van der Waals surface area (Å²) in [4.78, 5) is 21.1. The smallest absolute Gasteiger partial charge is 0.336 e. The Morgan fingerprint density at radius 3 is 2.28 bits per heavy atom. The van der Waals surface area contributed by atoms with Crippen molar-refractivity contribution in [3.63, 3.8) is 0 Å². The lowest BCUT2D eigenvalue weighted by molar-refractivity contribution is -0.122. The summed E-state index contributed by atoms with van der Waals surface area (Å²) >= 11 is 0. The van der Waals surface area contributed by atoms with E-state index < -0.39 is 0 Å². The molecule has 2 aromatic carbocycles. The van der Waals surface area contributed by atoms with Gasteiger partial charge < -0.3 is 19.2 Å². The maximum atomic E-state index is 10.7. The van der Waals surface area contributed by atoms with E-state index in [0.29, 0.717) is 5.58 Å². The molecule has 3 rings (SSSR count). The highest BCUT2D eigenvalue weighted by molar-refractivity contribution is 5.82. The van der Waals surface area contributed by atoms with Crippen LogP contribution in [0.2, 0.25) is 0 Å². The van der Waals surface area contributed by atoms with Crippen LogP contribution < -0.4 is 15.3 Å². The summed E-state index contributed by atoms with van der Waals surface area (Å²) in [5.41, 5.74) is 4.63. The Kier molecular flexibility index (Phi) is 10.8. The average molecular weight is 436 g/mol. The molecule has 32 heavy (non-hydrogen) atoms. The molecule has 0 aliphatic rings. The van der Waals surface area contributed by atoms with E-state index in [-0.39, 0.29) is 12.1 Å². The fourth-order valence-corrected chi connectivity index (χ4v) is 2.79. The zero-order chi connectivity index (χ0) is 24.1. The summed E-state index contributed by atoms with van der Waals surface area (Å²) < 4.78 is 10.3.